The van der Waals surface area contributed by atoms with E-state index in [4.69, 9.17) is 0 Å². The predicted octanol–water partition coefficient (Wildman–Crippen LogP) is 3.69. The Bertz CT molecular complexity index is 342. The number of amides is 1. The summed E-state index contributed by atoms with van der Waals surface area (Å²) in [6, 6.07) is 0. The number of anilines is 1. The maximum Gasteiger partial charge on any atom is 0.229 e. The van der Waals surface area contributed by atoms with Crippen LogP contribution in [0.25, 0.3) is 0 Å². The third kappa shape index (κ3) is 3.53. The lowest BCUT2D eigenvalue weighted by Crippen LogP contribution is -2.27. The number of hydrogen-bond acceptors (Lipinski definition) is 3. The first-order valence-electron chi connectivity index (χ1n) is 6.50. The van der Waals surface area contributed by atoms with Crippen LogP contribution in [0.1, 0.15) is 45.4 Å². The van der Waals surface area contributed by atoms with Gasteiger partial charge >= 0.3 is 0 Å². The molecule has 2 rings (SSSR count). The number of rotatable bonds is 4. The van der Waals surface area contributed by atoms with Gasteiger partial charge in [-0.2, -0.15) is 0 Å². The normalized spacial score (nSPS) is 24.5. The molecule has 0 bridgehead atoms. The van der Waals surface area contributed by atoms with Gasteiger partial charge in [-0.25, -0.2) is 4.98 Å². The molecule has 17 heavy (non-hydrogen) atoms. The number of nitrogens with one attached hydrogen (secondary N) is 1. The van der Waals surface area contributed by atoms with Crippen molar-refractivity contribution >= 4 is 22.4 Å². The lowest BCUT2D eigenvalue weighted by Gasteiger charge is -2.27. The average Bonchev–Trinajstić information content (AvgIpc) is 2.83. The second kappa shape index (κ2) is 6.15. The Kier molecular flexibility index (Phi) is 4.54. The summed E-state index contributed by atoms with van der Waals surface area (Å²) < 4.78 is 0. The molecule has 3 nitrogen and oxygen atoms in total. The summed E-state index contributed by atoms with van der Waals surface area (Å²) >= 11 is 1.48. The van der Waals surface area contributed by atoms with Crippen LogP contribution in [0.4, 0.5) is 5.13 Å². The summed E-state index contributed by atoms with van der Waals surface area (Å²) in [7, 11) is 0. The lowest BCUT2D eigenvalue weighted by molar-refractivity contribution is -0.121. The molecular formula is C13H20N2OS. The van der Waals surface area contributed by atoms with Crippen LogP contribution in [0.2, 0.25) is 0 Å². The van der Waals surface area contributed by atoms with Gasteiger partial charge in [-0.15, -0.1) is 11.3 Å². The van der Waals surface area contributed by atoms with Crippen molar-refractivity contribution in [2.24, 2.45) is 11.8 Å². The van der Waals surface area contributed by atoms with Crippen LogP contribution in [0, 0.1) is 11.8 Å². The van der Waals surface area contributed by atoms with E-state index in [9.17, 15) is 4.79 Å². The van der Waals surface area contributed by atoms with Crippen molar-refractivity contribution in [3.63, 3.8) is 0 Å². The fraction of sp³-hybridized carbons (Fsp3) is 0.692. The molecule has 0 spiro atoms. The number of carbonyl (C=O) groups excluding carboxylic acids is 1. The monoisotopic (exact) mass is 252 g/mol. The van der Waals surface area contributed by atoms with Crippen molar-refractivity contribution in [2.75, 3.05) is 5.32 Å². The van der Waals surface area contributed by atoms with Gasteiger partial charge in [0.05, 0.1) is 0 Å². The molecule has 1 saturated carbocycles. The first-order valence-corrected chi connectivity index (χ1v) is 7.38. The molecule has 1 amide bonds. The van der Waals surface area contributed by atoms with Crippen molar-refractivity contribution in [2.45, 2.75) is 45.4 Å². The molecule has 1 aromatic rings. The molecule has 4 heteroatoms. The van der Waals surface area contributed by atoms with E-state index < -0.39 is 0 Å². The van der Waals surface area contributed by atoms with Gasteiger partial charge in [0.25, 0.3) is 0 Å². The van der Waals surface area contributed by atoms with Gasteiger partial charge in [-0.05, 0) is 31.6 Å². The van der Waals surface area contributed by atoms with Crippen LogP contribution in [0.15, 0.2) is 11.6 Å². The Morgan fingerprint density at radius 1 is 1.47 bits per heavy atom. The van der Waals surface area contributed by atoms with Crippen molar-refractivity contribution < 1.29 is 4.79 Å². The third-order valence-corrected chi connectivity index (χ3v) is 4.27. The van der Waals surface area contributed by atoms with E-state index in [1.54, 1.807) is 6.20 Å². The summed E-state index contributed by atoms with van der Waals surface area (Å²) in [5, 5.41) is 5.52. The summed E-state index contributed by atoms with van der Waals surface area (Å²) in [5.74, 6) is 1.21. The smallest absolute Gasteiger partial charge is 0.229 e. The maximum absolute atomic E-state index is 12.0. The molecule has 1 aliphatic carbocycles. The van der Waals surface area contributed by atoms with Crippen LogP contribution in [-0.4, -0.2) is 10.9 Å². The largest absolute Gasteiger partial charge is 0.302 e. The fourth-order valence-corrected chi connectivity index (χ4v) is 3.15. The maximum atomic E-state index is 12.0. The number of nitrogens with zero attached hydrogens (tertiary/aromatic N) is 1. The molecule has 0 radical (unpaired) electrons. The molecule has 1 aromatic heterocycles. The number of hydrogen-bond donors (Lipinski definition) is 1. The summed E-state index contributed by atoms with van der Waals surface area (Å²) in [4.78, 5) is 16.1. The summed E-state index contributed by atoms with van der Waals surface area (Å²) in [6.45, 7) is 2.24. The Morgan fingerprint density at radius 3 is 2.82 bits per heavy atom. The zero-order valence-electron chi connectivity index (χ0n) is 10.3. The Balaban J connectivity index is 1.78. The Hall–Kier alpha value is -0.900. The van der Waals surface area contributed by atoms with Gasteiger partial charge in [-0.1, -0.05) is 19.8 Å². The minimum absolute atomic E-state index is 0.162. The first-order chi connectivity index (χ1) is 8.29. The van der Waals surface area contributed by atoms with Crippen molar-refractivity contribution in [3.05, 3.63) is 11.6 Å². The van der Waals surface area contributed by atoms with E-state index >= 15 is 0 Å². The van der Waals surface area contributed by atoms with E-state index in [1.807, 2.05) is 5.38 Å². The molecule has 0 aliphatic heterocycles. The van der Waals surface area contributed by atoms with Gasteiger partial charge in [-0.3, -0.25) is 4.79 Å². The third-order valence-electron chi connectivity index (χ3n) is 3.58. The number of carbonyl (C=O) groups is 1. The molecule has 0 unspecified atom stereocenters. The van der Waals surface area contributed by atoms with E-state index in [0.29, 0.717) is 0 Å². The number of thiazole rings is 1. The van der Waals surface area contributed by atoms with Gasteiger partial charge in [0.2, 0.25) is 5.91 Å². The molecular weight excluding hydrogens is 232 g/mol. The summed E-state index contributed by atoms with van der Waals surface area (Å²) in [6.07, 6.45) is 8.82. The molecule has 1 N–H and O–H groups in total. The highest BCUT2D eigenvalue weighted by atomic mass is 32.1. The molecule has 0 atom stereocenters. The van der Waals surface area contributed by atoms with E-state index in [2.05, 4.69) is 17.2 Å². The van der Waals surface area contributed by atoms with Crippen LogP contribution in [-0.2, 0) is 4.79 Å². The highest BCUT2D eigenvalue weighted by Crippen LogP contribution is 2.32. The topological polar surface area (TPSA) is 42.0 Å². The first kappa shape index (κ1) is 12.6. The standard InChI is InChI=1S/C13H20N2OS/c1-2-3-10-4-6-11(7-5-10)12(16)15-13-14-8-9-17-13/h8-11H,2-7H2,1H3,(H,14,15,16). The average molecular weight is 252 g/mol. The minimum Gasteiger partial charge on any atom is -0.302 e. The zero-order valence-corrected chi connectivity index (χ0v) is 11.1. The van der Waals surface area contributed by atoms with Gasteiger partial charge in [0.15, 0.2) is 5.13 Å². The van der Waals surface area contributed by atoms with Crippen LogP contribution in [0.3, 0.4) is 0 Å². The van der Waals surface area contributed by atoms with Crippen molar-refractivity contribution in [3.8, 4) is 0 Å². The van der Waals surface area contributed by atoms with E-state index in [0.717, 1.165) is 23.9 Å². The second-order valence-corrected chi connectivity index (χ2v) is 5.73. The molecule has 1 heterocycles. The van der Waals surface area contributed by atoms with Crippen molar-refractivity contribution in [1.29, 1.82) is 0 Å². The zero-order chi connectivity index (χ0) is 12.1. The molecule has 1 aliphatic rings. The van der Waals surface area contributed by atoms with Crippen LogP contribution in [0.5, 0.6) is 0 Å². The number of aromatic nitrogens is 1. The molecule has 94 valence electrons. The quantitative estimate of drug-likeness (QED) is 0.888. The predicted molar refractivity (Wildman–Crippen MR) is 71.1 cm³/mol. The Morgan fingerprint density at radius 2 is 2.24 bits per heavy atom. The molecule has 0 saturated heterocycles. The van der Waals surface area contributed by atoms with Crippen LogP contribution >= 0.6 is 11.3 Å². The van der Waals surface area contributed by atoms with Gasteiger partial charge in [0.1, 0.15) is 0 Å². The molecule has 0 aromatic carbocycles. The minimum atomic E-state index is 0.162. The van der Waals surface area contributed by atoms with Gasteiger partial charge < -0.3 is 5.32 Å². The van der Waals surface area contributed by atoms with Crippen molar-refractivity contribution in [1.82, 2.24) is 4.98 Å². The van der Waals surface area contributed by atoms with E-state index in [-0.39, 0.29) is 11.8 Å². The summed E-state index contributed by atoms with van der Waals surface area (Å²) in [5.41, 5.74) is 0. The Labute approximate surface area is 107 Å². The highest BCUT2D eigenvalue weighted by molar-refractivity contribution is 7.13. The van der Waals surface area contributed by atoms with Crippen LogP contribution < -0.4 is 5.32 Å². The second-order valence-electron chi connectivity index (χ2n) is 4.83. The van der Waals surface area contributed by atoms with E-state index in [1.165, 1.54) is 37.0 Å². The lowest BCUT2D eigenvalue weighted by atomic mass is 9.80. The fourth-order valence-electron chi connectivity index (χ4n) is 2.61. The highest BCUT2D eigenvalue weighted by Gasteiger charge is 2.26. The van der Waals surface area contributed by atoms with Gasteiger partial charge in [0, 0.05) is 17.5 Å². The molecule has 1 fully saturated rings. The SMILES string of the molecule is CCCC1CCC(C(=O)Nc2nccs2)CC1.